The Morgan fingerprint density at radius 1 is 1.00 bits per heavy atom. The zero-order valence-corrected chi connectivity index (χ0v) is 14.8. The predicted octanol–water partition coefficient (Wildman–Crippen LogP) is 4.81. The second kappa shape index (κ2) is 8.29. The van der Waals surface area contributed by atoms with Gasteiger partial charge in [0.2, 0.25) is 0 Å². The lowest BCUT2D eigenvalue weighted by Gasteiger charge is -2.14. The molecule has 0 atom stereocenters. The molecule has 0 aliphatic carbocycles. The first-order valence-corrected chi connectivity index (χ1v) is 8.39. The highest BCUT2D eigenvalue weighted by atomic mass is 79.9. The van der Waals surface area contributed by atoms with E-state index >= 15 is 0 Å². The van der Waals surface area contributed by atoms with Crippen LogP contribution in [0.5, 0.6) is 17.2 Å². The van der Waals surface area contributed by atoms with Gasteiger partial charge in [0.25, 0.3) is 0 Å². The largest absolute Gasteiger partial charge is 0.493 e. The van der Waals surface area contributed by atoms with Crippen LogP contribution in [0.15, 0.2) is 46.9 Å². The highest BCUT2D eigenvalue weighted by Crippen LogP contribution is 2.37. The maximum absolute atomic E-state index is 5.77. The van der Waals surface area contributed by atoms with Crippen LogP contribution in [-0.2, 0) is 5.33 Å². The second-order valence-corrected chi connectivity index (χ2v) is 5.67. The number of hydrogen-bond donors (Lipinski definition) is 0. The van der Waals surface area contributed by atoms with E-state index < -0.39 is 0 Å². The molecule has 0 saturated carbocycles. The first-order valence-electron chi connectivity index (χ1n) is 6.47. The number of benzene rings is 2. The molecule has 0 heterocycles. The van der Waals surface area contributed by atoms with Crippen LogP contribution in [0.25, 0.3) is 0 Å². The maximum Gasteiger partial charge on any atom is 0.175 e. The minimum Gasteiger partial charge on any atom is -0.493 e. The summed E-state index contributed by atoms with van der Waals surface area (Å²) in [5.74, 6) is 2.24. The van der Waals surface area contributed by atoms with Crippen LogP contribution in [0.2, 0.25) is 0 Å². The van der Waals surface area contributed by atoms with E-state index in [0.29, 0.717) is 24.7 Å². The fourth-order valence-corrected chi connectivity index (χ4v) is 2.74. The topological polar surface area (TPSA) is 27.7 Å². The Bertz CT molecular complexity index is 573. The zero-order chi connectivity index (χ0) is 15.1. The first kappa shape index (κ1) is 16.2. The standard InChI is InChI=1S/C16H16Br2O3/c1-19-15-10-12(11-17)9-14(18)16(15)21-8-7-20-13-5-3-2-4-6-13/h2-6,9-10H,7-8,11H2,1H3. The number of ether oxygens (including phenoxy) is 3. The molecule has 2 aromatic rings. The Kier molecular flexibility index (Phi) is 6.39. The van der Waals surface area contributed by atoms with Gasteiger partial charge in [-0.1, -0.05) is 34.1 Å². The Morgan fingerprint density at radius 2 is 1.71 bits per heavy atom. The maximum atomic E-state index is 5.77. The van der Waals surface area contributed by atoms with Crippen LogP contribution in [0.4, 0.5) is 0 Å². The average Bonchev–Trinajstić information content (AvgIpc) is 2.53. The third-order valence-corrected chi connectivity index (χ3v) is 4.02. The van der Waals surface area contributed by atoms with Gasteiger partial charge in [-0.05, 0) is 45.8 Å². The Morgan fingerprint density at radius 3 is 2.38 bits per heavy atom. The summed E-state index contributed by atoms with van der Waals surface area (Å²) < 4.78 is 17.6. The average molecular weight is 416 g/mol. The summed E-state index contributed by atoms with van der Waals surface area (Å²) >= 11 is 6.94. The lowest BCUT2D eigenvalue weighted by Crippen LogP contribution is -2.10. The summed E-state index contributed by atoms with van der Waals surface area (Å²) in [6, 6.07) is 13.6. The molecule has 0 radical (unpaired) electrons. The van der Waals surface area contributed by atoms with Crippen molar-refractivity contribution in [1.82, 2.24) is 0 Å². The minimum atomic E-state index is 0.442. The summed E-state index contributed by atoms with van der Waals surface area (Å²) in [7, 11) is 1.63. The molecule has 0 spiro atoms. The highest BCUT2D eigenvalue weighted by Gasteiger charge is 2.11. The number of para-hydroxylation sites is 1. The molecule has 0 aliphatic heterocycles. The van der Waals surface area contributed by atoms with Gasteiger partial charge in [-0.2, -0.15) is 0 Å². The molecule has 0 aromatic heterocycles. The lowest BCUT2D eigenvalue weighted by atomic mass is 10.2. The molecule has 0 aliphatic rings. The molecule has 0 fully saturated rings. The quantitative estimate of drug-likeness (QED) is 0.479. The fourth-order valence-electron chi connectivity index (χ4n) is 1.81. The number of alkyl halides is 1. The monoisotopic (exact) mass is 414 g/mol. The van der Waals surface area contributed by atoms with E-state index in [1.165, 1.54) is 0 Å². The Balaban J connectivity index is 1.93. The number of rotatable bonds is 7. The van der Waals surface area contributed by atoms with Crippen molar-refractivity contribution in [1.29, 1.82) is 0 Å². The van der Waals surface area contributed by atoms with E-state index in [0.717, 1.165) is 21.1 Å². The van der Waals surface area contributed by atoms with E-state index in [-0.39, 0.29) is 0 Å². The third kappa shape index (κ3) is 4.64. The van der Waals surface area contributed by atoms with Gasteiger partial charge < -0.3 is 14.2 Å². The second-order valence-electron chi connectivity index (χ2n) is 4.25. The molecular formula is C16H16Br2O3. The van der Waals surface area contributed by atoms with E-state index in [1.807, 2.05) is 42.5 Å². The molecule has 0 saturated heterocycles. The van der Waals surface area contributed by atoms with Crippen molar-refractivity contribution in [2.45, 2.75) is 5.33 Å². The molecule has 2 aromatic carbocycles. The van der Waals surface area contributed by atoms with Crippen molar-refractivity contribution in [3.63, 3.8) is 0 Å². The molecule has 5 heteroatoms. The molecule has 21 heavy (non-hydrogen) atoms. The Labute approximate surface area is 141 Å². The molecule has 2 rings (SSSR count). The van der Waals surface area contributed by atoms with Gasteiger partial charge in [0.1, 0.15) is 19.0 Å². The Hall–Kier alpha value is -1.20. The molecule has 112 valence electrons. The minimum absolute atomic E-state index is 0.442. The number of halogens is 2. The van der Waals surface area contributed by atoms with Gasteiger partial charge in [-0.3, -0.25) is 0 Å². The smallest absolute Gasteiger partial charge is 0.175 e. The normalized spacial score (nSPS) is 10.2. The fraction of sp³-hybridized carbons (Fsp3) is 0.250. The van der Waals surface area contributed by atoms with E-state index in [1.54, 1.807) is 7.11 Å². The van der Waals surface area contributed by atoms with Gasteiger partial charge in [0, 0.05) is 5.33 Å². The molecule has 3 nitrogen and oxygen atoms in total. The number of hydrogen-bond acceptors (Lipinski definition) is 3. The number of methoxy groups -OCH3 is 1. The van der Waals surface area contributed by atoms with Gasteiger partial charge in [0.15, 0.2) is 11.5 Å². The van der Waals surface area contributed by atoms with Crippen LogP contribution in [0, 0.1) is 0 Å². The molecule has 0 N–H and O–H groups in total. The summed E-state index contributed by atoms with van der Waals surface area (Å²) in [6.07, 6.45) is 0. The zero-order valence-electron chi connectivity index (χ0n) is 11.6. The van der Waals surface area contributed by atoms with Crippen molar-refractivity contribution in [2.24, 2.45) is 0 Å². The van der Waals surface area contributed by atoms with Gasteiger partial charge >= 0.3 is 0 Å². The SMILES string of the molecule is COc1cc(CBr)cc(Br)c1OCCOc1ccccc1. The van der Waals surface area contributed by atoms with Crippen LogP contribution in [-0.4, -0.2) is 20.3 Å². The van der Waals surface area contributed by atoms with Crippen molar-refractivity contribution < 1.29 is 14.2 Å². The van der Waals surface area contributed by atoms with Crippen molar-refractivity contribution in [3.8, 4) is 17.2 Å². The van der Waals surface area contributed by atoms with Crippen LogP contribution >= 0.6 is 31.9 Å². The summed E-state index contributed by atoms with van der Waals surface area (Å²) in [6.45, 7) is 0.914. The highest BCUT2D eigenvalue weighted by molar-refractivity contribution is 9.10. The molecule has 0 amide bonds. The molecular weight excluding hydrogens is 400 g/mol. The van der Waals surface area contributed by atoms with Crippen LogP contribution in [0.1, 0.15) is 5.56 Å². The predicted molar refractivity (Wildman–Crippen MR) is 90.8 cm³/mol. The van der Waals surface area contributed by atoms with Crippen molar-refractivity contribution in [3.05, 3.63) is 52.5 Å². The molecule has 0 unspecified atom stereocenters. The van der Waals surface area contributed by atoms with Gasteiger partial charge in [-0.25, -0.2) is 0 Å². The van der Waals surface area contributed by atoms with Gasteiger partial charge in [-0.15, -0.1) is 0 Å². The third-order valence-electron chi connectivity index (χ3n) is 2.79. The van der Waals surface area contributed by atoms with Gasteiger partial charge in [0.05, 0.1) is 11.6 Å². The summed E-state index contributed by atoms with van der Waals surface area (Å²) in [5, 5.41) is 0.763. The first-order chi connectivity index (χ1) is 10.2. The van der Waals surface area contributed by atoms with Crippen molar-refractivity contribution >= 4 is 31.9 Å². The van der Waals surface area contributed by atoms with Crippen molar-refractivity contribution in [2.75, 3.05) is 20.3 Å². The molecule has 0 bridgehead atoms. The van der Waals surface area contributed by atoms with Crippen LogP contribution in [0.3, 0.4) is 0 Å². The lowest BCUT2D eigenvalue weighted by molar-refractivity contribution is 0.210. The van der Waals surface area contributed by atoms with E-state index in [9.17, 15) is 0 Å². The van der Waals surface area contributed by atoms with E-state index in [4.69, 9.17) is 14.2 Å². The summed E-state index contributed by atoms with van der Waals surface area (Å²) in [5.41, 5.74) is 1.12. The summed E-state index contributed by atoms with van der Waals surface area (Å²) in [4.78, 5) is 0. The van der Waals surface area contributed by atoms with E-state index in [2.05, 4.69) is 31.9 Å². The van der Waals surface area contributed by atoms with Crippen LogP contribution < -0.4 is 14.2 Å².